The summed E-state index contributed by atoms with van der Waals surface area (Å²) in [7, 11) is 1.42. The summed E-state index contributed by atoms with van der Waals surface area (Å²) in [4.78, 5) is 36.8. The van der Waals surface area contributed by atoms with Gasteiger partial charge in [0.2, 0.25) is 0 Å². The molecule has 0 spiro atoms. The fraction of sp³-hybridized carbons (Fsp3) is 0.222. The fourth-order valence-electron chi connectivity index (χ4n) is 4.27. The van der Waals surface area contributed by atoms with E-state index in [-0.39, 0.29) is 24.7 Å². The van der Waals surface area contributed by atoms with E-state index in [1.165, 1.54) is 38.3 Å². The molecule has 8 heteroatoms. The van der Waals surface area contributed by atoms with Crippen LogP contribution < -0.4 is 10.6 Å². The van der Waals surface area contributed by atoms with E-state index in [2.05, 4.69) is 22.8 Å². The Morgan fingerprint density at radius 3 is 2.03 bits per heavy atom. The maximum Gasteiger partial charge on any atom is 0.408 e. The van der Waals surface area contributed by atoms with Crippen LogP contribution in [-0.2, 0) is 14.3 Å². The highest BCUT2D eigenvalue weighted by Crippen LogP contribution is 2.44. The van der Waals surface area contributed by atoms with Crippen molar-refractivity contribution in [1.29, 1.82) is 0 Å². The molecular formula is C27H26N2O6. The van der Waals surface area contributed by atoms with Crippen molar-refractivity contribution in [2.24, 2.45) is 0 Å². The van der Waals surface area contributed by atoms with E-state index in [4.69, 9.17) is 14.6 Å². The summed E-state index contributed by atoms with van der Waals surface area (Å²) < 4.78 is 10.8. The molecule has 0 fully saturated rings. The van der Waals surface area contributed by atoms with E-state index in [1.54, 1.807) is 0 Å². The van der Waals surface area contributed by atoms with Crippen LogP contribution in [0.25, 0.3) is 11.1 Å². The second-order valence-electron chi connectivity index (χ2n) is 8.55. The molecule has 0 radical (unpaired) electrons. The number of nitrogens with one attached hydrogen (secondary N) is 2. The molecule has 3 N–H and O–H groups in total. The summed E-state index contributed by atoms with van der Waals surface area (Å²) in [5.41, 5.74) is 3.47. The number of carboxylic acids is 1. The molecule has 1 aliphatic rings. The van der Waals surface area contributed by atoms with Crippen molar-refractivity contribution >= 4 is 23.7 Å². The van der Waals surface area contributed by atoms with Gasteiger partial charge < -0.3 is 25.2 Å². The number of aromatic carboxylic acids is 1. The van der Waals surface area contributed by atoms with E-state index >= 15 is 0 Å². The van der Waals surface area contributed by atoms with Crippen LogP contribution in [-0.4, -0.2) is 48.9 Å². The molecule has 0 saturated carbocycles. The van der Waals surface area contributed by atoms with Gasteiger partial charge in [-0.1, -0.05) is 48.5 Å². The molecule has 1 unspecified atom stereocenters. The lowest BCUT2D eigenvalue weighted by Crippen LogP contribution is -2.57. The first-order chi connectivity index (χ1) is 16.8. The first-order valence-electron chi connectivity index (χ1n) is 11.1. The smallest absolute Gasteiger partial charge is 0.408 e. The normalized spacial score (nSPS) is 13.8. The minimum atomic E-state index is -1.43. The Bertz CT molecular complexity index is 1210. The first-order valence-corrected chi connectivity index (χ1v) is 11.1. The maximum atomic E-state index is 13.0. The van der Waals surface area contributed by atoms with Crippen LogP contribution in [0, 0.1) is 0 Å². The zero-order valence-corrected chi connectivity index (χ0v) is 19.4. The van der Waals surface area contributed by atoms with Crippen molar-refractivity contribution in [3.05, 3.63) is 89.5 Å². The third kappa shape index (κ3) is 5.02. The van der Waals surface area contributed by atoms with Crippen molar-refractivity contribution < 1.29 is 29.0 Å². The van der Waals surface area contributed by atoms with Crippen LogP contribution in [0.4, 0.5) is 10.5 Å². The third-order valence-corrected chi connectivity index (χ3v) is 6.05. The summed E-state index contributed by atoms with van der Waals surface area (Å²) in [5.74, 6) is -1.71. The highest BCUT2D eigenvalue weighted by atomic mass is 16.5. The van der Waals surface area contributed by atoms with Crippen molar-refractivity contribution in [2.75, 3.05) is 25.6 Å². The molecule has 0 heterocycles. The van der Waals surface area contributed by atoms with Gasteiger partial charge in [0.25, 0.3) is 5.91 Å². The topological polar surface area (TPSA) is 114 Å². The number of benzene rings is 3. The van der Waals surface area contributed by atoms with Gasteiger partial charge in [0, 0.05) is 18.7 Å². The highest BCUT2D eigenvalue weighted by Gasteiger charge is 2.37. The number of rotatable bonds is 8. The van der Waals surface area contributed by atoms with Crippen LogP contribution in [0.5, 0.6) is 0 Å². The molecule has 4 rings (SSSR count). The Kier molecular flexibility index (Phi) is 6.84. The summed E-state index contributed by atoms with van der Waals surface area (Å²) in [5, 5.41) is 14.3. The molecular weight excluding hydrogens is 448 g/mol. The molecule has 1 atom stereocenters. The van der Waals surface area contributed by atoms with Gasteiger partial charge in [0.15, 0.2) is 0 Å². The Labute approximate surface area is 202 Å². The minimum Gasteiger partial charge on any atom is -0.478 e. The summed E-state index contributed by atoms with van der Waals surface area (Å²) >= 11 is 0. The zero-order valence-electron chi connectivity index (χ0n) is 19.4. The number of carbonyl (C=O) groups is 3. The number of alkyl carbamates (subject to hydrolysis) is 1. The third-order valence-electron chi connectivity index (χ3n) is 6.05. The standard InChI is InChI=1S/C27H26N2O6/c1-27(16-34-2,25(32)28-18-13-11-17(12-14-18)24(30)31)29-26(33)35-15-23-21-9-5-3-7-19(21)20-8-4-6-10-22(20)23/h3-14,23H,15-16H2,1-2H3,(H,28,32)(H,29,33)(H,30,31). The SMILES string of the molecule is COCC(C)(NC(=O)OCC1c2ccccc2-c2ccccc21)C(=O)Nc1ccc(C(=O)O)cc1. The van der Waals surface area contributed by atoms with Gasteiger partial charge in [-0.05, 0) is 53.4 Å². The number of carbonyl (C=O) groups excluding carboxylic acids is 2. The lowest BCUT2D eigenvalue weighted by molar-refractivity contribution is -0.123. The van der Waals surface area contributed by atoms with Crippen LogP contribution in [0.15, 0.2) is 72.8 Å². The molecule has 2 amide bonds. The molecule has 1 aliphatic carbocycles. The van der Waals surface area contributed by atoms with Crippen LogP contribution in [0.2, 0.25) is 0 Å². The van der Waals surface area contributed by atoms with Gasteiger partial charge in [0.1, 0.15) is 12.1 Å². The van der Waals surface area contributed by atoms with Gasteiger partial charge in [-0.2, -0.15) is 0 Å². The number of amides is 2. The van der Waals surface area contributed by atoms with E-state index < -0.39 is 23.5 Å². The van der Waals surface area contributed by atoms with Crippen molar-refractivity contribution in [3.8, 4) is 11.1 Å². The first kappa shape index (κ1) is 24.0. The minimum absolute atomic E-state index is 0.0967. The second-order valence-corrected chi connectivity index (χ2v) is 8.55. The molecule has 3 aromatic rings. The molecule has 35 heavy (non-hydrogen) atoms. The molecule has 3 aromatic carbocycles. The summed E-state index contributed by atoms with van der Waals surface area (Å²) in [6.45, 7) is 1.54. The molecule has 180 valence electrons. The van der Waals surface area contributed by atoms with Crippen molar-refractivity contribution in [1.82, 2.24) is 5.32 Å². The Hall–Kier alpha value is -4.17. The Morgan fingerprint density at radius 1 is 0.914 bits per heavy atom. The maximum absolute atomic E-state index is 13.0. The number of methoxy groups -OCH3 is 1. The van der Waals surface area contributed by atoms with E-state index in [9.17, 15) is 14.4 Å². The predicted octanol–water partition coefficient (Wildman–Crippen LogP) is 4.27. The number of ether oxygens (including phenoxy) is 2. The fourth-order valence-corrected chi connectivity index (χ4v) is 4.27. The van der Waals surface area contributed by atoms with Gasteiger partial charge in [-0.3, -0.25) is 4.79 Å². The monoisotopic (exact) mass is 474 g/mol. The molecule has 0 saturated heterocycles. The highest BCUT2D eigenvalue weighted by molar-refractivity contribution is 6.00. The van der Waals surface area contributed by atoms with Crippen LogP contribution in [0.3, 0.4) is 0 Å². The van der Waals surface area contributed by atoms with E-state index in [0.717, 1.165) is 22.3 Å². The molecule has 0 aliphatic heterocycles. The Balaban J connectivity index is 1.43. The number of anilines is 1. The van der Waals surface area contributed by atoms with Gasteiger partial charge in [0.05, 0.1) is 12.2 Å². The summed E-state index contributed by atoms with van der Waals surface area (Å²) in [6, 6.07) is 21.7. The lowest BCUT2D eigenvalue weighted by atomic mass is 9.98. The van der Waals surface area contributed by atoms with Crippen molar-refractivity contribution in [2.45, 2.75) is 18.4 Å². The second kappa shape index (κ2) is 9.99. The lowest BCUT2D eigenvalue weighted by Gasteiger charge is -2.28. The predicted molar refractivity (Wildman–Crippen MR) is 131 cm³/mol. The number of carboxylic acid groups (broad SMARTS) is 1. The zero-order chi connectivity index (χ0) is 25.0. The average Bonchev–Trinajstić information content (AvgIpc) is 3.17. The molecule has 8 nitrogen and oxygen atoms in total. The van der Waals surface area contributed by atoms with Crippen molar-refractivity contribution in [3.63, 3.8) is 0 Å². The molecule has 0 aromatic heterocycles. The molecule has 0 bridgehead atoms. The average molecular weight is 475 g/mol. The largest absolute Gasteiger partial charge is 0.478 e. The quantitative estimate of drug-likeness (QED) is 0.449. The van der Waals surface area contributed by atoms with Crippen LogP contribution >= 0.6 is 0 Å². The number of hydrogen-bond donors (Lipinski definition) is 3. The summed E-state index contributed by atoms with van der Waals surface area (Å²) in [6.07, 6.45) is -0.747. The van der Waals surface area contributed by atoms with Gasteiger partial charge in [-0.25, -0.2) is 9.59 Å². The van der Waals surface area contributed by atoms with Gasteiger partial charge >= 0.3 is 12.1 Å². The van der Waals surface area contributed by atoms with Crippen LogP contribution in [0.1, 0.15) is 34.3 Å². The van der Waals surface area contributed by atoms with Gasteiger partial charge in [-0.15, -0.1) is 0 Å². The van der Waals surface area contributed by atoms with E-state index in [0.29, 0.717) is 5.69 Å². The Morgan fingerprint density at radius 2 is 1.49 bits per heavy atom. The number of hydrogen-bond acceptors (Lipinski definition) is 5. The number of fused-ring (bicyclic) bond motifs is 3. The van der Waals surface area contributed by atoms with E-state index in [1.807, 2.05) is 36.4 Å².